The Bertz CT molecular complexity index is 965. The molecule has 0 fully saturated rings. The van der Waals surface area contributed by atoms with Crippen LogP contribution in [0.2, 0.25) is 5.02 Å². The number of amides is 1. The van der Waals surface area contributed by atoms with Gasteiger partial charge in [0.2, 0.25) is 21.1 Å². The Labute approximate surface area is 177 Å². The highest BCUT2D eigenvalue weighted by atomic mass is 35.5. The highest BCUT2D eigenvalue weighted by Gasteiger charge is 2.32. The van der Waals surface area contributed by atoms with Crippen molar-refractivity contribution in [1.29, 1.82) is 0 Å². The number of ether oxygens (including phenoxy) is 1. The first-order chi connectivity index (χ1) is 13.2. The number of aromatic nitrogens is 2. The van der Waals surface area contributed by atoms with Crippen molar-refractivity contribution >= 4 is 61.4 Å². The summed E-state index contributed by atoms with van der Waals surface area (Å²) in [6.45, 7) is 5.09. The predicted molar refractivity (Wildman–Crippen MR) is 114 cm³/mol. The molecule has 0 bridgehead atoms. The third-order valence-corrected chi connectivity index (χ3v) is 6.86. The number of sulfonamides is 1. The van der Waals surface area contributed by atoms with Gasteiger partial charge < -0.3 is 4.74 Å². The van der Waals surface area contributed by atoms with Crippen LogP contribution in [0, 0.1) is 0 Å². The minimum Gasteiger partial charge on any atom is -0.495 e. The largest absolute Gasteiger partial charge is 0.495 e. The minimum absolute atomic E-state index is 0.166. The summed E-state index contributed by atoms with van der Waals surface area (Å²) in [6, 6.07) is 3.45. The molecule has 0 aliphatic rings. The molecule has 2 rings (SSSR count). The number of methoxy groups -OCH3 is 1. The molecular weight excluding hydrogens is 444 g/mol. The molecule has 8 nitrogen and oxygen atoms in total. The Morgan fingerprint density at radius 3 is 2.82 bits per heavy atom. The smallest absolute Gasteiger partial charge is 0.249 e. The predicted octanol–water partition coefficient (Wildman–Crippen LogP) is 3.27. The van der Waals surface area contributed by atoms with E-state index in [1.165, 1.54) is 49.3 Å². The van der Waals surface area contributed by atoms with E-state index in [9.17, 15) is 13.2 Å². The van der Waals surface area contributed by atoms with E-state index in [1.807, 2.05) is 0 Å². The van der Waals surface area contributed by atoms with Crippen LogP contribution in [0.1, 0.15) is 6.92 Å². The second kappa shape index (κ2) is 9.59. The number of carbonyl (C=O) groups is 1. The average Bonchev–Trinajstić information content (AvgIpc) is 3.06. The number of rotatable bonds is 9. The van der Waals surface area contributed by atoms with E-state index in [2.05, 4.69) is 22.1 Å². The lowest BCUT2D eigenvalue weighted by molar-refractivity contribution is -0.116. The maximum absolute atomic E-state index is 12.7. The van der Waals surface area contributed by atoms with E-state index in [0.29, 0.717) is 15.1 Å². The normalized spacial score (nSPS) is 12.3. The Hall–Kier alpha value is -1.82. The molecule has 0 aliphatic heterocycles. The van der Waals surface area contributed by atoms with Gasteiger partial charge in [0, 0.05) is 10.8 Å². The van der Waals surface area contributed by atoms with E-state index in [4.69, 9.17) is 16.3 Å². The monoisotopic (exact) mass is 462 g/mol. The molecule has 0 saturated heterocycles. The van der Waals surface area contributed by atoms with Crippen molar-refractivity contribution < 1.29 is 17.9 Å². The van der Waals surface area contributed by atoms with Gasteiger partial charge >= 0.3 is 0 Å². The summed E-state index contributed by atoms with van der Waals surface area (Å²) in [6.07, 6.45) is 2.74. The summed E-state index contributed by atoms with van der Waals surface area (Å²) in [7, 11) is -2.42. The lowest BCUT2D eigenvalue weighted by Gasteiger charge is -2.29. The first kappa shape index (κ1) is 22.5. The molecule has 0 unspecified atom stereocenters. The molecule has 0 radical (unpaired) electrons. The topological polar surface area (TPSA) is 101 Å². The van der Waals surface area contributed by atoms with Crippen LogP contribution >= 0.6 is 34.7 Å². The summed E-state index contributed by atoms with van der Waals surface area (Å²) >= 11 is 8.64. The van der Waals surface area contributed by atoms with Crippen LogP contribution in [0.5, 0.6) is 5.75 Å². The SMILES string of the molecule is C=CCSc1nnc(NC(=O)[C@@H](C)N(c2cc(Cl)ccc2OC)S(C)(=O)=O)s1. The van der Waals surface area contributed by atoms with Crippen molar-refractivity contribution in [2.45, 2.75) is 17.3 Å². The molecule has 1 heterocycles. The maximum Gasteiger partial charge on any atom is 0.249 e. The molecule has 0 spiro atoms. The van der Waals surface area contributed by atoms with Crippen molar-refractivity contribution in [1.82, 2.24) is 10.2 Å². The summed E-state index contributed by atoms with van der Waals surface area (Å²) in [4.78, 5) is 12.7. The molecule has 12 heteroatoms. The van der Waals surface area contributed by atoms with Crippen molar-refractivity contribution in [3.8, 4) is 5.75 Å². The lowest BCUT2D eigenvalue weighted by Crippen LogP contribution is -2.45. The van der Waals surface area contributed by atoms with Crippen LogP contribution in [0.15, 0.2) is 35.2 Å². The number of anilines is 2. The number of hydrogen-bond donors (Lipinski definition) is 1. The van der Waals surface area contributed by atoms with Crippen molar-refractivity contribution in [2.75, 3.05) is 28.7 Å². The Kier molecular flexibility index (Phi) is 7.70. The molecule has 0 aliphatic carbocycles. The molecule has 1 N–H and O–H groups in total. The second-order valence-corrected chi connectivity index (χ2v) is 10.1. The molecule has 28 heavy (non-hydrogen) atoms. The lowest BCUT2D eigenvalue weighted by atomic mass is 10.2. The van der Waals surface area contributed by atoms with Gasteiger partial charge in [0.15, 0.2) is 4.34 Å². The first-order valence-electron chi connectivity index (χ1n) is 7.88. The second-order valence-electron chi connectivity index (χ2n) is 5.51. The molecule has 1 aromatic heterocycles. The van der Waals surface area contributed by atoms with Gasteiger partial charge in [0.05, 0.1) is 19.1 Å². The molecular formula is C16H19ClN4O4S3. The van der Waals surface area contributed by atoms with Crippen LogP contribution in [-0.4, -0.2) is 49.7 Å². The third-order valence-electron chi connectivity index (χ3n) is 3.43. The van der Waals surface area contributed by atoms with Gasteiger partial charge in [-0.15, -0.1) is 16.8 Å². The highest BCUT2D eigenvalue weighted by molar-refractivity contribution is 8.01. The number of carbonyl (C=O) groups excluding carboxylic acids is 1. The fraction of sp³-hybridized carbons (Fsp3) is 0.312. The van der Waals surface area contributed by atoms with Crippen LogP contribution < -0.4 is 14.4 Å². The molecule has 1 amide bonds. The quantitative estimate of drug-likeness (QED) is 0.346. The molecule has 2 aromatic rings. The molecule has 1 aromatic carbocycles. The third kappa shape index (κ3) is 5.60. The van der Waals surface area contributed by atoms with Crippen LogP contribution in [0.4, 0.5) is 10.8 Å². The Morgan fingerprint density at radius 1 is 1.50 bits per heavy atom. The zero-order chi connectivity index (χ0) is 20.9. The van der Waals surface area contributed by atoms with Crippen molar-refractivity contribution in [3.05, 3.63) is 35.9 Å². The minimum atomic E-state index is -3.82. The summed E-state index contributed by atoms with van der Waals surface area (Å²) < 4.78 is 31.7. The number of hydrogen-bond acceptors (Lipinski definition) is 8. The van der Waals surface area contributed by atoms with E-state index in [0.717, 1.165) is 10.6 Å². The van der Waals surface area contributed by atoms with Gasteiger partial charge in [-0.25, -0.2) is 8.42 Å². The number of benzene rings is 1. The van der Waals surface area contributed by atoms with Crippen LogP contribution in [0.3, 0.4) is 0 Å². The zero-order valence-electron chi connectivity index (χ0n) is 15.4. The maximum atomic E-state index is 12.7. The van der Waals surface area contributed by atoms with Gasteiger partial charge in [0.25, 0.3) is 0 Å². The van der Waals surface area contributed by atoms with Crippen LogP contribution in [0.25, 0.3) is 0 Å². The Morgan fingerprint density at radius 2 is 2.21 bits per heavy atom. The van der Waals surface area contributed by atoms with Gasteiger partial charge in [0.1, 0.15) is 11.8 Å². The number of halogens is 1. The van der Waals surface area contributed by atoms with Gasteiger partial charge in [-0.1, -0.05) is 40.8 Å². The molecule has 152 valence electrons. The zero-order valence-corrected chi connectivity index (χ0v) is 18.6. The molecule has 1 atom stereocenters. The van der Waals surface area contributed by atoms with E-state index in [-0.39, 0.29) is 16.6 Å². The number of thioether (sulfide) groups is 1. The molecule has 0 saturated carbocycles. The summed E-state index contributed by atoms with van der Waals surface area (Å²) in [5.74, 6) is 0.368. The highest BCUT2D eigenvalue weighted by Crippen LogP contribution is 2.34. The summed E-state index contributed by atoms with van der Waals surface area (Å²) in [5.41, 5.74) is 0.166. The van der Waals surface area contributed by atoms with E-state index in [1.54, 1.807) is 12.1 Å². The van der Waals surface area contributed by atoms with E-state index >= 15 is 0 Å². The first-order valence-corrected chi connectivity index (χ1v) is 11.9. The summed E-state index contributed by atoms with van der Waals surface area (Å²) in [5, 5.41) is 11.0. The standard InChI is InChI=1S/C16H19ClN4O4S3/c1-5-8-26-16-20-19-15(27-16)18-14(22)10(2)21(28(4,23)24)12-9-11(17)6-7-13(12)25-3/h5-7,9-10H,1,8H2,2-4H3,(H,18,19,22)/t10-/m1/s1. The fourth-order valence-corrected chi connectivity index (χ4v) is 5.13. The van der Waals surface area contributed by atoms with Gasteiger partial charge in [-0.3, -0.25) is 14.4 Å². The fourth-order valence-electron chi connectivity index (χ4n) is 2.28. The van der Waals surface area contributed by atoms with Gasteiger partial charge in [-0.2, -0.15) is 0 Å². The van der Waals surface area contributed by atoms with Gasteiger partial charge in [-0.05, 0) is 25.1 Å². The van der Waals surface area contributed by atoms with Crippen molar-refractivity contribution in [2.24, 2.45) is 0 Å². The van der Waals surface area contributed by atoms with E-state index < -0.39 is 22.0 Å². The average molecular weight is 463 g/mol. The van der Waals surface area contributed by atoms with Crippen LogP contribution in [-0.2, 0) is 14.8 Å². The Balaban J connectivity index is 2.30. The number of nitrogens with one attached hydrogen (secondary N) is 1. The number of nitrogens with zero attached hydrogens (tertiary/aromatic N) is 3. The van der Waals surface area contributed by atoms with Crippen molar-refractivity contribution in [3.63, 3.8) is 0 Å².